The summed E-state index contributed by atoms with van der Waals surface area (Å²) in [6.07, 6.45) is 0.776. The van der Waals surface area contributed by atoms with Gasteiger partial charge in [0.15, 0.2) is 0 Å². The molecule has 0 spiro atoms. The zero-order valence-corrected chi connectivity index (χ0v) is 13.7. The fourth-order valence-corrected chi connectivity index (χ4v) is 2.81. The highest BCUT2D eigenvalue weighted by Gasteiger charge is 2.22. The van der Waals surface area contributed by atoms with Crippen LogP contribution in [0.1, 0.15) is 24.9 Å². The number of amides is 1. The standard InChI is InChI=1S/C19H22N2O3/c1-2-23-18-10-6-4-8-16(18)20-13-19(22)21-15-11-12-24-17-9-5-3-7-14(15)17/h3-10,15,20H,2,11-13H2,1H3,(H,21,22). The molecule has 1 amide bonds. The second kappa shape index (κ2) is 7.73. The van der Waals surface area contributed by atoms with Crippen LogP contribution in [-0.2, 0) is 4.79 Å². The summed E-state index contributed by atoms with van der Waals surface area (Å²) in [6.45, 7) is 3.34. The third kappa shape index (κ3) is 3.79. The average molecular weight is 326 g/mol. The van der Waals surface area contributed by atoms with E-state index in [1.807, 2.05) is 55.5 Å². The SMILES string of the molecule is CCOc1ccccc1NCC(=O)NC1CCOc2ccccc21. The fraction of sp³-hybridized carbons (Fsp3) is 0.316. The molecule has 24 heavy (non-hydrogen) atoms. The van der Waals surface area contributed by atoms with Crippen molar-refractivity contribution in [2.24, 2.45) is 0 Å². The molecule has 3 rings (SSSR count). The van der Waals surface area contributed by atoms with E-state index >= 15 is 0 Å². The van der Waals surface area contributed by atoms with Gasteiger partial charge in [-0.15, -0.1) is 0 Å². The van der Waals surface area contributed by atoms with Crippen LogP contribution < -0.4 is 20.1 Å². The first-order valence-electron chi connectivity index (χ1n) is 8.24. The minimum atomic E-state index is -0.0528. The Morgan fingerprint density at radius 1 is 1.21 bits per heavy atom. The third-order valence-electron chi connectivity index (χ3n) is 3.92. The summed E-state index contributed by atoms with van der Waals surface area (Å²) in [5, 5.41) is 6.22. The van der Waals surface area contributed by atoms with E-state index in [9.17, 15) is 4.79 Å². The van der Waals surface area contributed by atoms with Gasteiger partial charge < -0.3 is 20.1 Å². The number of para-hydroxylation sites is 3. The second-order valence-corrected chi connectivity index (χ2v) is 5.58. The van der Waals surface area contributed by atoms with Gasteiger partial charge in [-0.2, -0.15) is 0 Å². The predicted molar refractivity (Wildman–Crippen MR) is 93.5 cm³/mol. The summed E-state index contributed by atoms with van der Waals surface area (Å²) >= 11 is 0. The predicted octanol–water partition coefficient (Wildman–Crippen LogP) is 3.14. The molecule has 1 heterocycles. The molecule has 2 N–H and O–H groups in total. The Kier molecular flexibility index (Phi) is 5.21. The first-order chi connectivity index (χ1) is 11.8. The zero-order valence-electron chi connectivity index (χ0n) is 13.7. The molecule has 1 unspecified atom stereocenters. The summed E-state index contributed by atoms with van der Waals surface area (Å²) < 4.78 is 11.2. The maximum atomic E-state index is 12.3. The Balaban J connectivity index is 1.59. The Labute approximate surface area is 142 Å². The van der Waals surface area contributed by atoms with Gasteiger partial charge in [0.25, 0.3) is 0 Å². The van der Waals surface area contributed by atoms with Crippen molar-refractivity contribution in [2.45, 2.75) is 19.4 Å². The van der Waals surface area contributed by atoms with E-state index in [0.29, 0.717) is 13.2 Å². The highest BCUT2D eigenvalue weighted by atomic mass is 16.5. The Morgan fingerprint density at radius 2 is 2.00 bits per heavy atom. The minimum absolute atomic E-state index is 0.00798. The molecular weight excluding hydrogens is 304 g/mol. The van der Waals surface area contributed by atoms with Crippen molar-refractivity contribution in [3.8, 4) is 11.5 Å². The molecule has 0 aromatic heterocycles. The second-order valence-electron chi connectivity index (χ2n) is 5.58. The maximum Gasteiger partial charge on any atom is 0.239 e. The van der Waals surface area contributed by atoms with Crippen molar-refractivity contribution < 1.29 is 14.3 Å². The number of anilines is 1. The van der Waals surface area contributed by atoms with Crippen LogP contribution in [0.2, 0.25) is 0 Å². The van der Waals surface area contributed by atoms with E-state index in [1.54, 1.807) is 0 Å². The fourth-order valence-electron chi connectivity index (χ4n) is 2.81. The molecular formula is C19H22N2O3. The number of nitrogens with one attached hydrogen (secondary N) is 2. The van der Waals surface area contributed by atoms with Gasteiger partial charge in [0.1, 0.15) is 11.5 Å². The van der Waals surface area contributed by atoms with Gasteiger partial charge in [0.05, 0.1) is 31.5 Å². The number of carbonyl (C=O) groups is 1. The molecule has 2 aromatic rings. The number of benzene rings is 2. The van der Waals surface area contributed by atoms with E-state index in [2.05, 4.69) is 10.6 Å². The van der Waals surface area contributed by atoms with Crippen LogP contribution in [0.3, 0.4) is 0 Å². The Hall–Kier alpha value is -2.69. The van der Waals surface area contributed by atoms with Gasteiger partial charge in [0.2, 0.25) is 5.91 Å². The topological polar surface area (TPSA) is 59.6 Å². The smallest absolute Gasteiger partial charge is 0.239 e. The lowest BCUT2D eigenvalue weighted by Gasteiger charge is -2.26. The van der Waals surface area contributed by atoms with Crippen LogP contribution in [0.15, 0.2) is 48.5 Å². The molecule has 5 heteroatoms. The van der Waals surface area contributed by atoms with Crippen molar-refractivity contribution in [2.75, 3.05) is 25.1 Å². The summed E-state index contributed by atoms with van der Waals surface area (Å²) in [6, 6.07) is 15.4. The van der Waals surface area contributed by atoms with E-state index in [4.69, 9.17) is 9.47 Å². The molecule has 0 saturated carbocycles. The van der Waals surface area contributed by atoms with Gasteiger partial charge in [-0.1, -0.05) is 30.3 Å². The van der Waals surface area contributed by atoms with Crippen molar-refractivity contribution in [3.63, 3.8) is 0 Å². The Morgan fingerprint density at radius 3 is 2.88 bits per heavy atom. The molecule has 5 nitrogen and oxygen atoms in total. The summed E-state index contributed by atoms with van der Waals surface area (Å²) in [5.41, 5.74) is 1.86. The lowest BCUT2D eigenvalue weighted by atomic mass is 10.0. The first kappa shape index (κ1) is 16.2. The summed E-state index contributed by atoms with van der Waals surface area (Å²) in [5.74, 6) is 1.55. The van der Waals surface area contributed by atoms with E-state index in [-0.39, 0.29) is 18.5 Å². The number of fused-ring (bicyclic) bond motifs is 1. The number of rotatable bonds is 6. The molecule has 0 saturated heterocycles. The molecule has 1 aliphatic heterocycles. The highest BCUT2D eigenvalue weighted by Crippen LogP contribution is 2.31. The van der Waals surface area contributed by atoms with Gasteiger partial charge in [-0.05, 0) is 25.1 Å². The van der Waals surface area contributed by atoms with E-state index in [1.165, 1.54) is 0 Å². The minimum Gasteiger partial charge on any atom is -0.493 e. The number of ether oxygens (including phenoxy) is 2. The van der Waals surface area contributed by atoms with E-state index in [0.717, 1.165) is 29.2 Å². The van der Waals surface area contributed by atoms with Crippen LogP contribution >= 0.6 is 0 Å². The molecule has 0 aliphatic carbocycles. The van der Waals surface area contributed by atoms with Crippen LogP contribution in [0.4, 0.5) is 5.69 Å². The van der Waals surface area contributed by atoms with Crippen molar-refractivity contribution >= 4 is 11.6 Å². The monoisotopic (exact) mass is 326 g/mol. The van der Waals surface area contributed by atoms with Crippen LogP contribution in [0.5, 0.6) is 11.5 Å². The van der Waals surface area contributed by atoms with E-state index < -0.39 is 0 Å². The van der Waals surface area contributed by atoms with Crippen molar-refractivity contribution in [1.29, 1.82) is 0 Å². The zero-order chi connectivity index (χ0) is 16.8. The lowest BCUT2D eigenvalue weighted by Crippen LogP contribution is -2.35. The van der Waals surface area contributed by atoms with Crippen molar-refractivity contribution in [3.05, 3.63) is 54.1 Å². The molecule has 126 valence electrons. The lowest BCUT2D eigenvalue weighted by molar-refractivity contribution is -0.120. The third-order valence-corrected chi connectivity index (χ3v) is 3.92. The molecule has 2 aromatic carbocycles. The van der Waals surface area contributed by atoms with Crippen molar-refractivity contribution in [1.82, 2.24) is 5.32 Å². The van der Waals surface area contributed by atoms with Crippen LogP contribution in [-0.4, -0.2) is 25.7 Å². The largest absolute Gasteiger partial charge is 0.493 e. The van der Waals surface area contributed by atoms with Gasteiger partial charge in [-0.3, -0.25) is 4.79 Å². The molecule has 0 fully saturated rings. The van der Waals surface area contributed by atoms with Gasteiger partial charge in [0, 0.05) is 12.0 Å². The molecule has 1 atom stereocenters. The summed E-state index contributed by atoms with van der Waals surface area (Å²) in [7, 11) is 0. The van der Waals surface area contributed by atoms with Crippen LogP contribution in [0, 0.1) is 0 Å². The quantitative estimate of drug-likeness (QED) is 0.856. The number of hydrogen-bond donors (Lipinski definition) is 2. The van der Waals surface area contributed by atoms with Gasteiger partial charge in [-0.25, -0.2) is 0 Å². The normalized spacial score (nSPS) is 15.8. The highest BCUT2D eigenvalue weighted by molar-refractivity contribution is 5.81. The number of carbonyl (C=O) groups excluding carboxylic acids is 1. The first-order valence-corrected chi connectivity index (χ1v) is 8.24. The summed E-state index contributed by atoms with van der Waals surface area (Å²) in [4.78, 5) is 12.3. The average Bonchev–Trinajstić information content (AvgIpc) is 2.62. The maximum absolute atomic E-state index is 12.3. The van der Waals surface area contributed by atoms with Gasteiger partial charge >= 0.3 is 0 Å². The molecule has 0 radical (unpaired) electrons. The Bertz CT molecular complexity index is 703. The molecule has 1 aliphatic rings. The molecule has 0 bridgehead atoms. The number of hydrogen-bond acceptors (Lipinski definition) is 4. The van der Waals surface area contributed by atoms with Crippen LogP contribution in [0.25, 0.3) is 0 Å².